The zero-order valence-corrected chi connectivity index (χ0v) is 16.2. The standard InChI is InChI=1S/C25H18O5/c1-29-22(27)14-15-23(28)30-21-13-5-9-17-7-3-11-19(25(17)21)18-10-2-6-16-8-4-12-20(26)24(16)18/h2-15,26H,1H3/b15-14-. The normalized spacial score (nSPS) is 11.1. The van der Waals surface area contributed by atoms with E-state index >= 15 is 0 Å². The van der Waals surface area contributed by atoms with Crippen LogP contribution < -0.4 is 4.74 Å². The summed E-state index contributed by atoms with van der Waals surface area (Å²) in [6, 6.07) is 22.3. The second-order valence-electron chi connectivity index (χ2n) is 6.62. The molecular weight excluding hydrogens is 380 g/mol. The van der Waals surface area contributed by atoms with Gasteiger partial charge in [0.15, 0.2) is 0 Å². The summed E-state index contributed by atoms with van der Waals surface area (Å²) in [6.07, 6.45) is 2.04. The predicted octanol–water partition coefficient (Wildman–Crippen LogP) is 5.00. The molecule has 0 atom stereocenters. The summed E-state index contributed by atoms with van der Waals surface area (Å²) in [4.78, 5) is 23.5. The Bertz CT molecular complexity index is 1290. The van der Waals surface area contributed by atoms with Crippen LogP contribution in [0.3, 0.4) is 0 Å². The first-order valence-electron chi connectivity index (χ1n) is 9.29. The molecule has 148 valence electrons. The lowest BCUT2D eigenvalue weighted by atomic mass is 9.93. The van der Waals surface area contributed by atoms with Crippen molar-refractivity contribution < 1.29 is 24.2 Å². The number of esters is 2. The Morgan fingerprint density at radius 1 is 0.733 bits per heavy atom. The molecule has 0 aliphatic heterocycles. The van der Waals surface area contributed by atoms with E-state index in [4.69, 9.17) is 4.74 Å². The minimum absolute atomic E-state index is 0.176. The van der Waals surface area contributed by atoms with Gasteiger partial charge in [-0.1, -0.05) is 60.7 Å². The lowest BCUT2D eigenvalue weighted by Crippen LogP contribution is -2.06. The molecule has 0 saturated heterocycles. The Morgan fingerprint density at radius 2 is 1.27 bits per heavy atom. The van der Waals surface area contributed by atoms with Gasteiger partial charge in [0.25, 0.3) is 0 Å². The van der Waals surface area contributed by atoms with Crippen molar-refractivity contribution in [3.8, 4) is 22.6 Å². The van der Waals surface area contributed by atoms with Gasteiger partial charge in [-0.05, 0) is 34.0 Å². The monoisotopic (exact) mass is 398 g/mol. The SMILES string of the molecule is COC(=O)/C=C\C(=O)Oc1cccc2cccc(-c3cccc4cccc(O)c34)c12. The van der Waals surface area contributed by atoms with Crippen LogP contribution >= 0.6 is 0 Å². The Balaban J connectivity index is 1.89. The van der Waals surface area contributed by atoms with Gasteiger partial charge < -0.3 is 14.6 Å². The molecule has 4 rings (SSSR count). The molecule has 0 amide bonds. The number of rotatable bonds is 4. The highest BCUT2D eigenvalue weighted by atomic mass is 16.5. The predicted molar refractivity (Wildman–Crippen MR) is 115 cm³/mol. The Kier molecular flexibility index (Phi) is 5.18. The summed E-state index contributed by atoms with van der Waals surface area (Å²) in [5, 5.41) is 13.7. The van der Waals surface area contributed by atoms with E-state index in [1.165, 1.54) is 7.11 Å². The number of phenolic OH excluding ortho intramolecular Hbond substituents is 1. The average Bonchev–Trinajstić information content (AvgIpc) is 2.77. The third-order valence-electron chi connectivity index (χ3n) is 4.81. The van der Waals surface area contributed by atoms with Gasteiger partial charge in [-0.2, -0.15) is 0 Å². The number of aromatic hydroxyl groups is 1. The molecule has 0 spiro atoms. The molecule has 0 aliphatic carbocycles. The number of phenols is 1. The Hall–Kier alpha value is -4.12. The second kappa shape index (κ2) is 8.09. The summed E-state index contributed by atoms with van der Waals surface area (Å²) in [5.41, 5.74) is 1.64. The van der Waals surface area contributed by atoms with Crippen molar-refractivity contribution in [1.82, 2.24) is 0 Å². The number of ether oxygens (including phenoxy) is 2. The smallest absolute Gasteiger partial charge is 0.336 e. The van der Waals surface area contributed by atoms with Crippen molar-refractivity contribution in [2.24, 2.45) is 0 Å². The van der Waals surface area contributed by atoms with Crippen LogP contribution in [0.1, 0.15) is 0 Å². The van der Waals surface area contributed by atoms with Gasteiger partial charge in [0, 0.05) is 22.9 Å². The van der Waals surface area contributed by atoms with Crippen LogP contribution in [-0.2, 0) is 14.3 Å². The number of hydrogen-bond acceptors (Lipinski definition) is 5. The summed E-state index contributed by atoms with van der Waals surface area (Å²) < 4.78 is 10.0. The molecule has 30 heavy (non-hydrogen) atoms. The third kappa shape index (κ3) is 3.61. The van der Waals surface area contributed by atoms with E-state index in [2.05, 4.69) is 4.74 Å². The van der Waals surface area contributed by atoms with Crippen molar-refractivity contribution in [3.63, 3.8) is 0 Å². The Labute approximate surface area is 172 Å². The molecule has 0 radical (unpaired) electrons. The average molecular weight is 398 g/mol. The Morgan fingerprint density at radius 3 is 1.93 bits per heavy atom. The maximum Gasteiger partial charge on any atom is 0.336 e. The zero-order chi connectivity index (χ0) is 21.1. The van der Waals surface area contributed by atoms with Crippen molar-refractivity contribution >= 4 is 33.5 Å². The van der Waals surface area contributed by atoms with Crippen molar-refractivity contribution in [2.45, 2.75) is 0 Å². The molecule has 0 aliphatic rings. The molecule has 0 saturated carbocycles. The van der Waals surface area contributed by atoms with E-state index in [9.17, 15) is 14.7 Å². The van der Waals surface area contributed by atoms with E-state index < -0.39 is 11.9 Å². The van der Waals surface area contributed by atoms with Crippen molar-refractivity contribution in [2.75, 3.05) is 7.11 Å². The van der Waals surface area contributed by atoms with Crippen molar-refractivity contribution in [3.05, 3.63) is 84.9 Å². The lowest BCUT2D eigenvalue weighted by molar-refractivity contribution is -0.135. The quantitative estimate of drug-likeness (QED) is 0.298. The van der Waals surface area contributed by atoms with Crippen LogP contribution in [0.2, 0.25) is 0 Å². The van der Waals surface area contributed by atoms with E-state index in [-0.39, 0.29) is 5.75 Å². The van der Waals surface area contributed by atoms with Crippen LogP contribution in [0.25, 0.3) is 32.7 Å². The van der Waals surface area contributed by atoms with Gasteiger partial charge in [-0.3, -0.25) is 0 Å². The molecule has 0 bridgehead atoms. The minimum atomic E-state index is -0.691. The molecular formula is C25H18O5. The molecule has 0 fully saturated rings. The fraction of sp³-hybridized carbons (Fsp3) is 0.0400. The van der Waals surface area contributed by atoms with Crippen LogP contribution in [0, 0.1) is 0 Å². The van der Waals surface area contributed by atoms with Gasteiger partial charge in [-0.15, -0.1) is 0 Å². The number of methoxy groups -OCH3 is 1. The first-order valence-corrected chi connectivity index (χ1v) is 9.29. The van der Waals surface area contributed by atoms with Gasteiger partial charge in [0.1, 0.15) is 11.5 Å². The van der Waals surface area contributed by atoms with E-state index in [0.29, 0.717) is 5.75 Å². The van der Waals surface area contributed by atoms with Crippen LogP contribution in [-0.4, -0.2) is 24.2 Å². The maximum atomic E-state index is 12.2. The number of carbonyl (C=O) groups excluding carboxylic acids is 2. The highest BCUT2D eigenvalue weighted by Crippen LogP contribution is 2.40. The summed E-state index contributed by atoms with van der Waals surface area (Å²) in [5.74, 6) is -0.800. The first kappa shape index (κ1) is 19.2. The number of benzene rings is 4. The topological polar surface area (TPSA) is 72.8 Å². The van der Waals surface area contributed by atoms with Crippen LogP contribution in [0.5, 0.6) is 11.5 Å². The maximum absolute atomic E-state index is 12.2. The fourth-order valence-electron chi connectivity index (χ4n) is 3.51. The molecule has 5 heteroatoms. The molecule has 5 nitrogen and oxygen atoms in total. The third-order valence-corrected chi connectivity index (χ3v) is 4.81. The van der Waals surface area contributed by atoms with E-state index in [1.54, 1.807) is 24.3 Å². The largest absolute Gasteiger partial charge is 0.507 e. The summed E-state index contributed by atoms with van der Waals surface area (Å²) in [7, 11) is 1.23. The molecule has 0 aromatic heterocycles. The van der Waals surface area contributed by atoms with Crippen molar-refractivity contribution in [1.29, 1.82) is 0 Å². The van der Waals surface area contributed by atoms with Gasteiger partial charge in [0.2, 0.25) is 0 Å². The van der Waals surface area contributed by atoms with Gasteiger partial charge in [0.05, 0.1) is 7.11 Å². The zero-order valence-electron chi connectivity index (χ0n) is 16.2. The highest BCUT2D eigenvalue weighted by molar-refractivity contribution is 6.10. The fourth-order valence-corrected chi connectivity index (χ4v) is 3.51. The molecule has 0 heterocycles. The molecule has 0 unspecified atom stereocenters. The number of carbonyl (C=O) groups is 2. The van der Waals surface area contributed by atoms with E-state index in [0.717, 1.165) is 44.8 Å². The summed E-state index contributed by atoms with van der Waals surface area (Å²) >= 11 is 0. The molecule has 4 aromatic rings. The van der Waals surface area contributed by atoms with Crippen LogP contribution in [0.15, 0.2) is 84.9 Å². The highest BCUT2D eigenvalue weighted by Gasteiger charge is 2.15. The first-order chi connectivity index (χ1) is 14.6. The van der Waals surface area contributed by atoms with E-state index in [1.807, 2.05) is 48.5 Å². The molecule has 4 aromatic carbocycles. The lowest BCUT2D eigenvalue weighted by Gasteiger charge is -2.14. The van der Waals surface area contributed by atoms with Crippen LogP contribution in [0.4, 0.5) is 0 Å². The minimum Gasteiger partial charge on any atom is -0.507 e. The summed E-state index contributed by atoms with van der Waals surface area (Å²) in [6.45, 7) is 0. The van der Waals surface area contributed by atoms with Gasteiger partial charge in [-0.25, -0.2) is 9.59 Å². The van der Waals surface area contributed by atoms with Gasteiger partial charge >= 0.3 is 11.9 Å². The number of hydrogen-bond donors (Lipinski definition) is 1. The second-order valence-corrected chi connectivity index (χ2v) is 6.62. The number of fused-ring (bicyclic) bond motifs is 2. The molecule has 1 N–H and O–H groups in total.